The second kappa shape index (κ2) is 6.31. The van der Waals surface area contributed by atoms with Gasteiger partial charge in [0.05, 0.1) is 11.3 Å². The lowest BCUT2D eigenvalue weighted by atomic mass is 9.97. The van der Waals surface area contributed by atoms with Crippen LogP contribution in [-0.2, 0) is 6.61 Å². The molecule has 1 N–H and O–H groups in total. The molecule has 2 heterocycles. The van der Waals surface area contributed by atoms with Crippen molar-refractivity contribution in [1.82, 2.24) is 4.98 Å². The third kappa shape index (κ3) is 2.81. The molecule has 0 spiro atoms. The van der Waals surface area contributed by atoms with Crippen molar-refractivity contribution < 1.29 is 14.6 Å². The maximum Gasteiger partial charge on any atom is 0.198 e. The molecule has 3 aromatic rings. The van der Waals surface area contributed by atoms with E-state index in [4.69, 9.17) is 27.9 Å². The van der Waals surface area contributed by atoms with Crippen LogP contribution in [0.4, 0.5) is 0 Å². The van der Waals surface area contributed by atoms with Gasteiger partial charge in [-0.15, -0.1) is 0 Å². The smallest absolute Gasteiger partial charge is 0.198 e. The molecule has 4 rings (SSSR count). The van der Waals surface area contributed by atoms with Crippen LogP contribution in [0.1, 0.15) is 27.0 Å². The Labute approximate surface area is 160 Å². The summed E-state index contributed by atoms with van der Waals surface area (Å²) in [7, 11) is 0. The van der Waals surface area contributed by atoms with Crippen molar-refractivity contribution in [2.75, 3.05) is 0 Å². The number of hydrogen-bond donors (Lipinski definition) is 1. The summed E-state index contributed by atoms with van der Waals surface area (Å²) in [6.07, 6.45) is 1.49. The van der Waals surface area contributed by atoms with Gasteiger partial charge in [-0.25, -0.2) is 0 Å². The van der Waals surface area contributed by atoms with Gasteiger partial charge in [0.1, 0.15) is 18.1 Å². The molecule has 0 bridgehead atoms. The zero-order chi connectivity index (χ0) is 18.4. The van der Waals surface area contributed by atoms with Gasteiger partial charge in [-0.2, -0.15) is 0 Å². The van der Waals surface area contributed by atoms with Gasteiger partial charge in [0, 0.05) is 32.9 Å². The molecule has 0 atom stereocenters. The third-order valence-electron chi connectivity index (χ3n) is 4.33. The van der Waals surface area contributed by atoms with E-state index in [0.717, 1.165) is 16.8 Å². The number of carbonyl (C=O) groups excluding carboxylic acids is 1. The molecule has 1 aromatic heterocycles. The number of phenols is 1. The number of ketones is 1. The summed E-state index contributed by atoms with van der Waals surface area (Å²) in [5.41, 5.74) is 3.50. The first kappa shape index (κ1) is 16.9. The zero-order valence-corrected chi connectivity index (χ0v) is 15.2. The van der Waals surface area contributed by atoms with Crippen molar-refractivity contribution >= 4 is 29.0 Å². The normalized spacial score (nSPS) is 12.1. The minimum absolute atomic E-state index is 0.108. The predicted molar refractivity (Wildman–Crippen MR) is 100 cm³/mol. The van der Waals surface area contributed by atoms with E-state index in [2.05, 4.69) is 4.98 Å². The molecular formula is C20H13Cl2NO3. The van der Waals surface area contributed by atoms with Crippen LogP contribution in [0.3, 0.4) is 0 Å². The predicted octanol–water partition coefficient (Wildman–Crippen LogP) is 5.19. The van der Waals surface area contributed by atoms with Crippen molar-refractivity contribution in [2.24, 2.45) is 0 Å². The Morgan fingerprint density at radius 2 is 2.00 bits per heavy atom. The number of fused-ring (bicyclic) bond motifs is 3. The van der Waals surface area contributed by atoms with Gasteiger partial charge in [0.2, 0.25) is 0 Å². The molecule has 0 aliphatic carbocycles. The Morgan fingerprint density at radius 1 is 1.19 bits per heavy atom. The van der Waals surface area contributed by atoms with Gasteiger partial charge < -0.3 is 9.84 Å². The Balaban J connectivity index is 1.77. The van der Waals surface area contributed by atoms with Crippen LogP contribution in [0.5, 0.6) is 11.5 Å². The van der Waals surface area contributed by atoms with Crippen molar-refractivity contribution in [2.45, 2.75) is 13.5 Å². The standard InChI is InChI=1S/C20H13Cl2NO3/c1-10-4-17(24)14(7-16(10)22)20(25)11-5-12-9-26-18-3-2-13(21)6-15(18)19(12)23-8-11/h2-8,24H,9H2,1H3. The van der Waals surface area contributed by atoms with Crippen LogP contribution in [0.25, 0.3) is 11.3 Å². The lowest BCUT2D eigenvalue weighted by Gasteiger charge is -2.20. The number of pyridine rings is 1. The molecule has 130 valence electrons. The molecule has 2 aromatic carbocycles. The van der Waals surface area contributed by atoms with Crippen molar-refractivity contribution in [3.8, 4) is 22.8 Å². The number of rotatable bonds is 2. The summed E-state index contributed by atoms with van der Waals surface area (Å²) in [4.78, 5) is 17.2. The Bertz CT molecular complexity index is 1060. The summed E-state index contributed by atoms with van der Waals surface area (Å²) >= 11 is 12.2. The molecule has 4 nitrogen and oxygen atoms in total. The first-order valence-corrected chi connectivity index (χ1v) is 8.65. The van der Waals surface area contributed by atoms with E-state index in [1.54, 1.807) is 31.2 Å². The third-order valence-corrected chi connectivity index (χ3v) is 4.97. The summed E-state index contributed by atoms with van der Waals surface area (Å²) in [5, 5.41) is 11.1. The number of phenolic OH excluding ortho intramolecular Hbond substituents is 1. The number of ether oxygens (including phenoxy) is 1. The number of aryl methyl sites for hydroxylation is 1. The summed E-state index contributed by atoms with van der Waals surface area (Å²) < 4.78 is 5.72. The fourth-order valence-corrected chi connectivity index (χ4v) is 3.30. The first-order chi connectivity index (χ1) is 12.4. The SMILES string of the molecule is Cc1cc(O)c(C(=O)c2cnc3c(c2)COc2ccc(Cl)cc2-3)cc1Cl. The monoisotopic (exact) mass is 385 g/mol. The second-order valence-corrected chi connectivity index (χ2v) is 6.95. The van der Waals surface area contributed by atoms with Gasteiger partial charge in [0.25, 0.3) is 0 Å². The van der Waals surface area contributed by atoms with Gasteiger partial charge in [-0.1, -0.05) is 23.2 Å². The molecule has 0 fully saturated rings. The van der Waals surface area contributed by atoms with E-state index in [-0.39, 0.29) is 17.1 Å². The molecule has 0 amide bonds. The Kier molecular flexibility index (Phi) is 4.10. The van der Waals surface area contributed by atoms with Crippen LogP contribution < -0.4 is 4.74 Å². The number of hydrogen-bond acceptors (Lipinski definition) is 4. The minimum Gasteiger partial charge on any atom is -0.507 e. The van der Waals surface area contributed by atoms with E-state index >= 15 is 0 Å². The molecule has 1 aliphatic rings. The highest BCUT2D eigenvalue weighted by molar-refractivity contribution is 6.32. The van der Waals surface area contributed by atoms with Crippen molar-refractivity contribution in [3.63, 3.8) is 0 Å². The van der Waals surface area contributed by atoms with Crippen LogP contribution in [0.2, 0.25) is 10.0 Å². The van der Waals surface area contributed by atoms with E-state index in [0.29, 0.717) is 33.5 Å². The maximum absolute atomic E-state index is 12.8. The molecule has 1 aliphatic heterocycles. The largest absolute Gasteiger partial charge is 0.507 e. The van der Waals surface area contributed by atoms with Crippen LogP contribution in [-0.4, -0.2) is 15.9 Å². The molecule has 0 radical (unpaired) electrons. The van der Waals surface area contributed by atoms with E-state index < -0.39 is 0 Å². The Morgan fingerprint density at radius 3 is 2.81 bits per heavy atom. The van der Waals surface area contributed by atoms with Crippen LogP contribution in [0, 0.1) is 6.92 Å². The van der Waals surface area contributed by atoms with Crippen LogP contribution >= 0.6 is 23.2 Å². The van der Waals surface area contributed by atoms with Gasteiger partial charge in [0.15, 0.2) is 5.78 Å². The maximum atomic E-state index is 12.8. The quantitative estimate of drug-likeness (QED) is 0.616. The summed E-state index contributed by atoms with van der Waals surface area (Å²) in [5.74, 6) is 0.246. The minimum atomic E-state index is -0.350. The van der Waals surface area contributed by atoms with Crippen molar-refractivity contribution in [1.29, 1.82) is 0 Å². The fraction of sp³-hybridized carbons (Fsp3) is 0.100. The molecule has 26 heavy (non-hydrogen) atoms. The highest BCUT2D eigenvalue weighted by Gasteiger charge is 2.22. The van der Waals surface area contributed by atoms with Crippen LogP contribution in [0.15, 0.2) is 42.6 Å². The van der Waals surface area contributed by atoms with Gasteiger partial charge in [-0.05, 0) is 48.9 Å². The average Bonchev–Trinajstić information content (AvgIpc) is 2.63. The molecular weight excluding hydrogens is 373 g/mol. The van der Waals surface area contributed by atoms with Gasteiger partial charge in [-0.3, -0.25) is 9.78 Å². The number of aromatic nitrogens is 1. The Hall–Kier alpha value is -2.56. The van der Waals surface area contributed by atoms with E-state index in [1.165, 1.54) is 18.3 Å². The van der Waals surface area contributed by atoms with E-state index in [1.807, 2.05) is 0 Å². The highest BCUT2D eigenvalue weighted by Crippen LogP contribution is 2.38. The number of carbonyl (C=O) groups is 1. The number of benzene rings is 2. The average molecular weight is 386 g/mol. The molecule has 0 saturated heterocycles. The second-order valence-electron chi connectivity index (χ2n) is 6.11. The topological polar surface area (TPSA) is 59.4 Å². The zero-order valence-electron chi connectivity index (χ0n) is 13.7. The first-order valence-electron chi connectivity index (χ1n) is 7.89. The number of aromatic hydroxyl groups is 1. The number of nitrogens with zero attached hydrogens (tertiary/aromatic N) is 1. The molecule has 0 saturated carbocycles. The number of halogens is 2. The highest BCUT2D eigenvalue weighted by atomic mass is 35.5. The lowest BCUT2D eigenvalue weighted by molar-refractivity contribution is 0.103. The molecule has 0 unspecified atom stereocenters. The lowest BCUT2D eigenvalue weighted by Crippen LogP contribution is -2.10. The fourth-order valence-electron chi connectivity index (χ4n) is 2.96. The van der Waals surface area contributed by atoms with Gasteiger partial charge >= 0.3 is 0 Å². The molecule has 6 heteroatoms. The van der Waals surface area contributed by atoms with Crippen molar-refractivity contribution in [3.05, 3.63) is 74.9 Å². The summed E-state index contributed by atoms with van der Waals surface area (Å²) in [6, 6.07) is 10.0. The van der Waals surface area contributed by atoms with E-state index in [9.17, 15) is 9.90 Å². The summed E-state index contributed by atoms with van der Waals surface area (Å²) in [6.45, 7) is 2.06.